The van der Waals surface area contributed by atoms with Gasteiger partial charge in [0.25, 0.3) is 0 Å². The molecule has 0 spiro atoms. The summed E-state index contributed by atoms with van der Waals surface area (Å²) in [7, 11) is 0. The van der Waals surface area contributed by atoms with Gasteiger partial charge in [-0.25, -0.2) is 8.78 Å². The summed E-state index contributed by atoms with van der Waals surface area (Å²) in [5, 5.41) is 22.7. The standard InChI is InChI=1S/C30H33F2N5O3/c1-3-19-22(31)6-5-17-11-18(38)12-20(23(17)19)25-24(32)26-21(13-34-25)27(37-10-4-7-29(2,39)15-37)36-28(35-26)40-16-30(14-33)8-9-30/h5-6,11-13,38-39H,3-4,7-10,14-16,33H2,1-2H3/t29-/m1/s1. The van der Waals surface area contributed by atoms with Crippen LogP contribution in [0.25, 0.3) is 32.9 Å². The highest BCUT2D eigenvalue weighted by molar-refractivity contribution is 6.01. The molecule has 4 N–H and O–H groups in total. The second-order valence-corrected chi connectivity index (χ2v) is 11.5. The Balaban J connectivity index is 1.55. The zero-order valence-corrected chi connectivity index (χ0v) is 22.7. The zero-order chi connectivity index (χ0) is 28.2. The molecule has 10 heteroatoms. The highest BCUT2D eigenvalue weighted by Gasteiger charge is 2.42. The van der Waals surface area contributed by atoms with Crippen LogP contribution >= 0.6 is 0 Å². The van der Waals surface area contributed by atoms with Crippen LogP contribution in [0, 0.1) is 17.0 Å². The van der Waals surface area contributed by atoms with Gasteiger partial charge >= 0.3 is 6.01 Å². The Morgan fingerprint density at radius 2 is 1.95 bits per heavy atom. The third-order valence-electron chi connectivity index (χ3n) is 8.28. The van der Waals surface area contributed by atoms with Gasteiger partial charge in [0, 0.05) is 36.8 Å². The summed E-state index contributed by atoms with van der Waals surface area (Å²) in [5.74, 6) is -0.795. The van der Waals surface area contributed by atoms with Gasteiger partial charge < -0.3 is 25.6 Å². The Labute approximate surface area is 230 Å². The van der Waals surface area contributed by atoms with E-state index < -0.39 is 17.2 Å². The van der Waals surface area contributed by atoms with Crippen molar-refractivity contribution in [3.63, 3.8) is 0 Å². The predicted octanol–water partition coefficient (Wildman–Crippen LogP) is 4.86. The SMILES string of the molecule is CCc1c(F)ccc2cc(O)cc(-c3ncc4c(N5CCC[C@@](C)(O)C5)nc(OCC5(CN)CC5)nc4c3F)c12. The lowest BCUT2D eigenvalue weighted by Gasteiger charge is -2.37. The fraction of sp³-hybridized carbons (Fsp3) is 0.433. The molecule has 8 nitrogen and oxygen atoms in total. The van der Waals surface area contributed by atoms with Gasteiger partial charge in [0.1, 0.15) is 28.6 Å². The first-order chi connectivity index (χ1) is 19.1. The molecular formula is C30H33F2N5O3. The van der Waals surface area contributed by atoms with Crippen LogP contribution in [-0.4, -0.2) is 57.0 Å². The molecule has 1 aliphatic carbocycles. The normalized spacial score (nSPS) is 20.3. The predicted molar refractivity (Wildman–Crippen MR) is 150 cm³/mol. The summed E-state index contributed by atoms with van der Waals surface area (Å²) < 4.78 is 37.3. The third kappa shape index (κ3) is 4.69. The molecule has 2 fully saturated rings. The minimum Gasteiger partial charge on any atom is -0.508 e. The molecule has 0 bridgehead atoms. The van der Waals surface area contributed by atoms with E-state index in [1.807, 2.05) is 11.8 Å². The van der Waals surface area contributed by atoms with Gasteiger partial charge in [0.2, 0.25) is 0 Å². The number of halogens is 2. The van der Waals surface area contributed by atoms with E-state index in [0.717, 1.165) is 19.3 Å². The number of nitrogens with two attached hydrogens (primary N) is 1. The fourth-order valence-electron chi connectivity index (χ4n) is 5.75. The molecule has 0 radical (unpaired) electrons. The molecule has 2 aromatic carbocycles. The van der Waals surface area contributed by atoms with Crippen molar-refractivity contribution in [1.82, 2.24) is 15.0 Å². The van der Waals surface area contributed by atoms with Crippen LogP contribution in [0.4, 0.5) is 14.6 Å². The Hall–Kier alpha value is -3.63. The number of rotatable bonds is 7. The second-order valence-electron chi connectivity index (χ2n) is 11.5. The Morgan fingerprint density at radius 3 is 2.65 bits per heavy atom. The first-order valence-electron chi connectivity index (χ1n) is 13.7. The fourth-order valence-corrected chi connectivity index (χ4v) is 5.75. The smallest absolute Gasteiger partial charge is 0.319 e. The minimum atomic E-state index is -0.929. The average Bonchev–Trinajstić information content (AvgIpc) is 3.72. The summed E-state index contributed by atoms with van der Waals surface area (Å²) in [4.78, 5) is 15.5. The van der Waals surface area contributed by atoms with Gasteiger partial charge in [0.05, 0.1) is 17.6 Å². The van der Waals surface area contributed by atoms with E-state index >= 15 is 4.39 Å². The summed E-state index contributed by atoms with van der Waals surface area (Å²) in [6.45, 7) is 5.32. The van der Waals surface area contributed by atoms with Crippen LogP contribution in [-0.2, 0) is 6.42 Å². The molecule has 3 heterocycles. The van der Waals surface area contributed by atoms with Gasteiger partial charge in [-0.05, 0) is 73.6 Å². The van der Waals surface area contributed by atoms with Crippen LogP contribution < -0.4 is 15.4 Å². The van der Waals surface area contributed by atoms with Crippen LogP contribution in [0.3, 0.4) is 0 Å². The van der Waals surface area contributed by atoms with E-state index in [0.29, 0.717) is 66.6 Å². The summed E-state index contributed by atoms with van der Waals surface area (Å²) in [5.41, 5.74) is 5.51. The van der Waals surface area contributed by atoms with E-state index in [2.05, 4.69) is 15.0 Å². The van der Waals surface area contributed by atoms with Crippen LogP contribution in [0.5, 0.6) is 11.8 Å². The third-order valence-corrected chi connectivity index (χ3v) is 8.28. The molecule has 1 saturated heterocycles. The number of phenols is 1. The highest BCUT2D eigenvalue weighted by atomic mass is 19.1. The van der Waals surface area contributed by atoms with E-state index in [9.17, 15) is 14.6 Å². The second kappa shape index (κ2) is 9.78. The largest absolute Gasteiger partial charge is 0.508 e. The number of nitrogens with zero attached hydrogens (tertiary/aromatic N) is 4. The van der Waals surface area contributed by atoms with Crippen molar-refractivity contribution in [2.75, 3.05) is 31.1 Å². The average molecular weight is 550 g/mol. The quantitative estimate of drug-likeness (QED) is 0.299. The van der Waals surface area contributed by atoms with Crippen molar-refractivity contribution in [2.45, 2.75) is 51.6 Å². The number of β-amino-alcohol motifs (C(OH)–C–C–N with tert-alkyl or cyclic N) is 1. The maximum atomic E-state index is 16.5. The number of phenolic OH excluding ortho intramolecular Hbond substituents is 1. The first kappa shape index (κ1) is 26.6. The van der Waals surface area contributed by atoms with Crippen molar-refractivity contribution in [2.24, 2.45) is 11.1 Å². The van der Waals surface area contributed by atoms with Crippen molar-refractivity contribution in [3.05, 3.63) is 47.7 Å². The number of fused-ring (bicyclic) bond motifs is 2. The van der Waals surface area contributed by atoms with Crippen LogP contribution in [0.1, 0.15) is 45.1 Å². The van der Waals surface area contributed by atoms with Gasteiger partial charge in [0.15, 0.2) is 5.82 Å². The maximum absolute atomic E-state index is 16.5. The molecular weight excluding hydrogens is 516 g/mol. The Morgan fingerprint density at radius 1 is 1.15 bits per heavy atom. The van der Waals surface area contributed by atoms with E-state index in [4.69, 9.17) is 10.5 Å². The summed E-state index contributed by atoms with van der Waals surface area (Å²) in [6, 6.07) is 5.85. The lowest BCUT2D eigenvalue weighted by molar-refractivity contribution is 0.0447. The number of hydrogen-bond acceptors (Lipinski definition) is 8. The van der Waals surface area contributed by atoms with E-state index in [1.54, 1.807) is 13.0 Å². The number of piperidine rings is 1. The number of aryl methyl sites for hydroxylation is 1. The van der Waals surface area contributed by atoms with Crippen molar-refractivity contribution in [3.8, 4) is 23.0 Å². The summed E-state index contributed by atoms with van der Waals surface area (Å²) >= 11 is 0. The number of pyridine rings is 1. The van der Waals surface area contributed by atoms with Gasteiger partial charge in [-0.1, -0.05) is 13.0 Å². The maximum Gasteiger partial charge on any atom is 0.319 e. The number of aromatic hydroxyl groups is 1. The highest BCUT2D eigenvalue weighted by Crippen LogP contribution is 2.45. The number of benzene rings is 2. The molecule has 0 amide bonds. The molecule has 210 valence electrons. The Bertz CT molecular complexity index is 1620. The van der Waals surface area contributed by atoms with Crippen molar-refractivity contribution < 1.29 is 23.7 Å². The topological polar surface area (TPSA) is 118 Å². The summed E-state index contributed by atoms with van der Waals surface area (Å²) in [6.07, 6.45) is 5.15. The number of hydrogen-bond donors (Lipinski definition) is 3. The Kier molecular flexibility index (Phi) is 6.50. The molecule has 0 unspecified atom stereocenters. The zero-order valence-electron chi connectivity index (χ0n) is 22.7. The van der Waals surface area contributed by atoms with Gasteiger partial charge in [-0.3, -0.25) is 4.98 Å². The van der Waals surface area contributed by atoms with Gasteiger partial charge in [-0.2, -0.15) is 9.97 Å². The number of ether oxygens (including phenoxy) is 1. The molecule has 2 aliphatic rings. The van der Waals surface area contributed by atoms with Crippen LogP contribution in [0.2, 0.25) is 0 Å². The van der Waals surface area contributed by atoms with Crippen molar-refractivity contribution in [1.29, 1.82) is 0 Å². The molecule has 1 aliphatic heterocycles. The monoisotopic (exact) mass is 549 g/mol. The van der Waals surface area contributed by atoms with Gasteiger partial charge in [-0.15, -0.1) is 0 Å². The molecule has 6 rings (SSSR count). The molecule has 40 heavy (non-hydrogen) atoms. The molecule has 1 atom stereocenters. The number of anilines is 1. The first-order valence-corrected chi connectivity index (χ1v) is 13.7. The van der Waals surface area contributed by atoms with E-state index in [1.165, 1.54) is 24.4 Å². The molecule has 2 aromatic heterocycles. The number of aromatic nitrogens is 3. The molecule has 4 aromatic rings. The minimum absolute atomic E-state index is 0.00115. The van der Waals surface area contributed by atoms with E-state index in [-0.39, 0.29) is 33.9 Å². The van der Waals surface area contributed by atoms with Crippen LogP contribution in [0.15, 0.2) is 30.5 Å². The lowest BCUT2D eigenvalue weighted by atomic mass is 9.94. The number of aliphatic hydroxyl groups is 1. The lowest BCUT2D eigenvalue weighted by Crippen LogP contribution is -2.46. The van der Waals surface area contributed by atoms with Crippen molar-refractivity contribution >= 4 is 27.5 Å². The molecule has 1 saturated carbocycles.